The maximum absolute atomic E-state index is 14.1. The van der Waals surface area contributed by atoms with Crippen LogP contribution in [0.4, 0.5) is 16.2 Å². The third-order valence-corrected chi connectivity index (χ3v) is 7.74. The van der Waals surface area contributed by atoms with Crippen LogP contribution in [0.25, 0.3) is 21.2 Å². The van der Waals surface area contributed by atoms with E-state index in [1.54, 1.807) is 41.6 Å². The van der Waals surface area contributed by atoms with E-state index in [2.05, 4.69) is 16.4 Å². The molecule has 0 aliphatic heterocycles. The van der Waals surface area contributed by atoms with Crippen LogP contribution < -0.4 is 10.2 Å². The van der Waals surface area contributed by atoms with Crippen LogP contribution in [0.15, 0.2) is 97.3 Å². The Kier molecular flexibility index (Phi) is 7.87. The lowest BCUT2D eigenvalue weighted by atomic mass is 10.0. The van der Waals surface area contributed by atoms with E-state index in [4.69, 9.17) is 16.3 Å². The first kappa shape index (κ1) is 27.4. The van der Waals surface area contributed by atoms with E-state index in [9.17, 15) is 9.59 Å². The molecule has 0 aliphatic rings. The van der Waals surface area contributed by atoms with Crippen molar-refractivity contribution in [1.82, 2.24) is 4.98 Å². The van der Waals surface area contributed by atoms with Crippen LogP contribution in [-0.2, 0) is 11.3 Å². The smallest absolute Gasteiger partial charge is 0.412 e. The Balaban J connectivity index is 1.48. The molecule has 0 bridgehead atoms. The number of carbonyl (C=O) groups is 2. The maximum Gasteiger partial charge on any atom is 0.412 e. The largest absolute Gasteiger partial charge is 0.444 e. The van der Waals surface area contributed by atoms with Gasteiger partial charge in [-0.15, -0.1) is 11.3 Å². The zero-order chi connectivity index (χ0) is 28.3. The van der Waals surface area contributed by atoms with Crippen molar-refractivity contribution in [3.05, 3.63) is 113 Å². The molecule has 1 N–H and O–H groups in total. The van der Waals surface area contributed by atoms with E-state index in [-0.39, 0.29) is 5.91 Å². The molecule has 0 fully saturated rings. The van der Waals surface area contributed by atoms with E-state index in [0.29, 0.717) is 27.8 Å². The minimum Gasteiger partial charge on any atom is -0.444 e. The quantitative estimate of drug-likeness (QED) is 0.222. The molecule has 3 aromatic carbocycles. The molecule has 0 spiro atoms. The number of thiophene rings is 1. The monoisotopic (exact) mass is 569 g/mol. The Bertz CT molecular complexity index is 1660. The number of amides is 2. The van der Waals surface area contributed by atoms with Crippen molar-refractivity contribution in [1.29, 1.82) is 0 Å². The zero-order valence-corrected chi connectivity index (χ0v) is 23.9. The van der Waals surface area contributed by atoms with E-state index >= 15 is 0 Å². The second-order valence-corrected chi connectivity index (χ2v) is 11.7. The van der Waals surface area contributed by atoms with Gasteiger partial charge in [-0.3, -0.25) is 15.1 Å². The lowest BCUT2D eigenvalue weighted by molar-refractivity contribution is 0.0635. The fourth-order valence-electron chi connectivity index (χ4n) is 4.28. The third-order valence-electron chi connectivity index (χ3n) is 6.08. The van der Waals surface area contributed by atoms with Gasteiger partial charge in [0, 0.05) is 33.9 Å². The van der Waals surface area contributed by atoms with Crippen molar-refractivity contribution >= 4 is 56.4 Å². The lowest BCUT2D eigenvalue weighted by Crippen LogP contribution is -2.30. The molecule has 0 saturated heterocycles. The molecule has 2 amide bonds. The molecule has 5 rings (SSSR count). The highest BCUT2D eigenvalue weighted by atomic mass is 35.5. The standard InChI is InChI=1S/C32H28ClN3O3S/c1-32(2,3)39-31(38)35-24-11-13-25(14-12-24)36(30(37)29-28(33)26-9-4-5-10-27(26)40-29)20-21-7-6-8-23(19-21)22-15-17-34-18-16-22/h4-19H,20H2,1-3H3,(H,35,38). The maximum atomic E-state index is 14.1. The fraction of sp³-hybridized carbons (Fsp3) is 0.156. The lowest BCUT2D eigenvalue weighted by Gasteiger charge is -2.24. The van der Waals surface area contributed by atoms with Crippen LogP contribution in [0.5, 0.6) is 0 Å². The number of nitrogens with one attached hydrogen (secondary N) is 1. The summed E-state index contributed by atoms with van der Waals surface area (Å²) in [5.74, 6) is -0.201. The number of pyridine rings is 1. The molecule has 2 heterocycles. The highest BCUT2D eigenvalue weighted by Gasteiger charge is 2.25. The number of rotatable bonds is 6. The molecular weight excluding hydrogens is 542 g/mol. The normalized spacial score (nSPS) is 11.3. The van der Waals surface area contributed by atoms with Crippen molar-refractivity contribution in [3.63, 3.8) is 0 Å². The Hall–Kier alpha value is -4.20. The molecule has 0 unspecified atom stereocenters. The van der Waals surface area contributed by atoms with Crippen LogP contribution in [-0.4, -0.2) is 22.6 Å². The first-order valence-electron chi connectivity index (χ1n) is 12.8. The van der Waals surface area contributed by atoms with E-state index < -0.39 is 11.7 Å². The highest BCUT2D eigenvalue weighted by Crippen LogP contribution is 2.37. The number of aromatic nitrogens is 1. The first-order chi connectivity index (χ1) is 19.2. The Labute approximate surface area is 242 Å². The number of halogens is 1. The van der Waals surface area contributed by atoms with E-state index in [0.717, 1.165) is 26.8 Å². The number of carbonyl (C=O) groups excluding carboxylic acids is 2. The summed E-state index contributed by atoms with van der Waals surface area (Å²) in [5, 5.41) is 4.04. The number of ether oxygens (including phenoxy) is 1. The van der Waals surface area contributed by atoms with E-state index in [1.807, 2.05) is 75.4 Å². The Morgan fingerprint density at radius 3 is 2.35 bits per heavy atom. The topological polar surface area (TPSA) is 71.5 Å². The van der Waals surface area contributed by atoms with Crippen LogP contribution in [0.2, 0.25) is 5.02 Å². The molecule has 0 atom stereocenters. The average molecular weight is 570 g/mol. The molecule has 202 valence electrons. The zero-order valence-electron chi connectivity index (χ0n) is 22.4. The van der Waals surface area contributed by atoms with Gasteiger partial charge in [-0.1, -0.05) is 48.0 Å². The summed E-state index contributed by atoms with van der Waals surface area (Å²) in [6.07, 6.45) is 2.97. The van der Waals surface area contributed by atoms with Gasteiger partial charge in [0.25, 0.3) is 5.91 Å². The summed E-state index contributed by atoms with van der Waals surface area (Å²) in [6, 6.07) is 26.8. The van der Waals surface area contributed by atoms with Crippen molar-refractivity contribution in [2.75, 3.05) is 10.2 Å². The van der Waals surface area contributed by atoms with Crippen LogP contribution in [0, 0.1) is 0 Å². The summed E-state index contributed by atoms with van der Waals surface area (Å²) >= 11 is 8.10. The first-order valence-corrected chi connectivity index (χ1v) is 14.0. The van der Waals surface area contributed by atoms with Gasteiger partial charge in [-0.05, 0) is 86.0 Å². The number of benzene rings is 3. The van der Waals surface area contributed by atoms with Crippen molar-refractivity contribution < 1.29 is 14.3 Å². The summed E-state index contributed by atoms with van der Waals surface area (Å²) in [5.41, 5.74) is 3.65. The Morgan fingerprint density at radius 1 is 0.925 bits per heavy atom. The third kappa shape index (κ3) is 6.33. The van der Waals surface area contributed by atoms with Crippen molar-refractivity contribution in [2.45, 2.75) is 32.9 Å². The summed E-state index contributed by atoms with van der Waals surface area (Å²) in [4.78, 5) is 32.6. The average Bonchev–Trinajstić information content (AvgIpc) is 3.28. The SMILES string of the molecule is CC(C)(C)OC(=O)Nc1ccc(N(Cc2cccc(-c3ccncc3)c2)C(=O)c2sc3ccccc3c2Cl)cc1. The number of nitrogens with zero attached hydrogens (tertiary/aromatic N) is 2. The second kappa shape index (κ2) is 11.5. The second-order valence-electron chi connectivity index (χ2n) is 10.2. The van der Waals surface area contributed by atoms with Gasteiger partial charge < -0.3 is 9.64 Å². The van der Waals surface area contributed by atoms with Gasteiger partial charge in [0.15, 0.2) is 0 Å². The van der Waals surface area contributed by atoms with Crippen molar-refractivity contribution in [3.8, 4) is 11.1 Å². The number of hydrogen-bond donors (Lipinski definition) is 1. The highest BCUT2D eigenvalue weighted by molar-refractivity contribution is 7.21. The minimum absolute atomic E-state index is 0.201. The van der Waals surface area contributed by atoms with E-state index in [1.165, 1.54) is 11.3 Å². The summed E-state index contributed by atoms with van der Waals surface area (Å²) in [6.45, 7) is 5.74. The molecule has 0 aliphatic carbocycles. The number of hydrogen-bond acceptors (Lipinski definition) is 5. The fourth-order valence-corrected chi connectivity index (χ4v) is 5.74. The molecule has 2 aromatic heterocycles. The van der Waals surface area contributed by atoms with Crippen LogP contribution in [0.3, 0.4) is 0 Å². The molecular formula is C32H28ClN3O3S. The molecule has 8 heteroatoms. The van der Waals surface area contributed by atoms with Crippen LogP contribution >= 0.6 is 22.9 Å². The van der Waals surface area contributed by atoms with Gasteiger partial charge in [0.1, 0.15) is 10.5 Å². The van der Waals surface area contributed by atoms with Crippen LogP contribution in [0.1, 0.15) is 36.0 Å². The van der Waals surface area contributed by atoms with Gasteiger partial charge in [-0.25, -0.2) is 4.79 Å². The number of anilines is 2. The number of fused-ring (bicyclic) bond motifs is 1. The van der Waals surface area contributed by atoms with Crippen molar-refractivity contribution in [2.24, 2.45) is 0 Å². The summed E-state index contributed by atoms with van der Waals surface area (Å²) in [7, 11) is 0. The van der Waals surface area contributed by atoms with Gasteiger partial charge in [0.2, 0.25) is 0 Å². The molecule has 0 radical (unpaired) electrons. The predicted octanol–water partition coefficient (Wildman–Crippen LogP) is 8.81. The molecule has 5 aromatic rings. The predicted molar refractivity (Wildman–Crippen MR) is 163 cm³/mol. The molecule has 0 saturated carbocycles. The van der Waals surface area contributed by atoms with Gasteiger partial charge >= 0.3 is 6.09 Å². The minimum atomic E-state index is -0.610. The van der Waals surface area contributed by atoms with Gasteiger partial charge in [-0.2, -0.15) is 0 Å². The molecule has 40 heavy (non-hydrogen) atoms. The Morgan fingerprint density at radius 2 is 1.65 bits per heavy atom. The summed E-state index contributed by atoms with van der Waals surface area (Å²) < 4.78 is 6.30. The molecule has 6 nitrogen and oxygen atoms in total. The van der Waals surface area contributed by atoms with Gasteiger partial charge in [0.05, 0.1) is 11.6 Å².